The lowest BCUT2D eigenvalue weighted by atomic mass is 9.97. The van der Waals surface area contributed by atoms with Gasteiger partial charge in [0, 0.05) is 77.2 Å². The van der Waals surface area contributed by atoms with Crippen LogP contribution >= 0.6 is 35.1 Å². The molecule has 9 nitrogen and oxygen atoms in total. The largest absolute Gasteiger partial charge is 0.491 e. The number of anilines is 1. The van der Waals surface area contributed by atoms with E-state index in [0.29, 0.717) is 35.9 Å². The molecule has 8 rings (SSSR count). The van der Waals surface area contributed by atoms with Gasteiger partial charge in [0.1, 0.15) is 11.4 Å². The summed E-state index contributed by atoms with van der Waals surface area (Å²) < 4.78 is 12.4. The number of rotatable bonds is 1. The summed E-state index contributed by atoms with van der Waals surface area (Å²) in [6, 6.07) is 10.6. The van der Waals surface area contributed by atoms with Gasteiger partial charge in [-0.25, -0.2) is 4.79 Å². The van der Waals surface area contributed by atoms with Gasteiger partial charge in [-0.15, -0.1) is 23.5 Å². The van der Waals surface area contributed by atoms with E-state index in [1.807, 2.05) is 35.5 Å². The maximum atomic E-state index is 12.8. The van der Waals surface area contributed by atoms with Crippen LogP contribution in [0.3, 0.4) is 0 Å². The average molecular weight is 689 g/mol. The predicted molar refractivity (Wildman–Crippen MR) is 189 cm³/mol. The molecule has 0 unspecified atom stereocenters. The number of nitrogens with zero attached hydrogens (tertiary/aromatic N) is 5. The van der Waals surface area contributed by atoms with Gasteiger partial charge in [-0.1, -0.05) is 17.7 Å². The number of hydrogen-bond acceptors (Lipinski definition) is 7. The van der Waals surface area contributed by atoms with E-state index >= 15 is 0 Å². The first-order valence-corrected chi connectivity index (χ1v) is 18.8. The highest BCUT2D eigenvalue weighted by atomic mass is 35.5. The van der Waals surface area contributed by atoms with Crippen molar-refractivity contribution in [1.82, 2.24) is 24.1 Å². The van der Waals surface area contributed by atoms with Crippen molar-refractivity contribution in [2.45, 2.75) is 67.2 Å². The number of aryl methyl sites for hydroxylation is 5. The monoisotopic (exact) mass is 688 g/mol. The standard InChI is InChI=1S/C35H37ClN6O3S2/c1-40-33-25-9-10-26(36)30(33)31-27(39-42-12-4-8-28(31)42)19-46-17-21-15-22(41(2)38-21)18-47-23-14-20-6-3-11-37-32(20)29(16-23)45-13-5-7-24(25)34(40)35(43)44/h9-10,14-16,37H,3-8,11-13,17-19H2,1-2H3,(H,43,44). The molecule has 2 aromatic carbocycles. The van der Waals surface area contributed by atoms with E-state index in [9.17, 15) is 9.90 Å². The molecule has 47 heavy (non-hydrogen) atoms. The third-order valence-corrected chi connectivity index (χ3v) is 11.9. The fourth-order valence-electron chi connectivity index (χ4n) is 7.49. The quantitative estimate of drug-likeness (QED) is 0.187. The number of aromatic carboxylic acids is 1. The highest BCUT2D eigenvalue weighted by molar-refractivity contribution is 7.98. The molecule has 3 aromatic heterocycles. The number of hydrogen-bond donors (Lipinski definition) is 2. The summed E-state index contributed by atoms with van der Waals surface area (Å²) in [5.74, 6) is 2.21. The van der Waals surface area contributed by atoms with Crippen LogP contribution < -0.4 is 10.1 Å². The Morgan fingerprint density at radius 3 is 2.79 bits per heavy atom. The van der Waals surface area contributed by atoms with Gasteiger partial charge >= 0.3 is 5.97 Å². The van der Waals surface area contributed by atoms with Gasteiger partial charge in [-0.3, -0.25) is 9.36 Å². The molecule has 0 atom stereocenters. The van der Waals surface area contributed by atoms with E-state index in [-0.39, 0.29) is 0 Å². The number of ether oxygens (including phenoxy) is 1. The molecule has 0 fully saturated rings. The second-order valence-electron chi connectivity index (χ2n) is 12.6. The molecule has 0 saturated carbocycles. The van der Waals surface area contributed by atoms with Gasteiger partial charge in [-0.2, -0.15) is 10.2 Å². The van der Waals surface area contributed by atoms with Gasteiger partial charge in [0.05, 0.1) is 34.2 Å². The minimum absolute atomic E-state index is 0.300. The Hall–Kier alpha value is -3.54. The van der Waals surface area contributed by atoms with Gasteiger partial charge in [0.15, 0.2) is 0 Å². The normalized spacial score (nSPS) is 16.6. The van der Waals surface area contributed by atoms with E-state index in [1.54, 1.807) is 23.5 Å². The van der Waals surface area contributed by atoms with Crippen LogP contribution in [-0.4, -0.2) is 48.4 Å². The number of nitrogens with one attached hydrogen (secondary N) is 1. The molecule has 0 saturated heterocycles. The van der Waals surface area contributed by atoms with Crippen molar-refractivity contribution in [3.05, 3.63) is 75.0 Å². The summed E-state index contributed by atoms with van der Waals surface area (Å²) in [7, 11) is 3.87. The number of carboxylic acid groups (broad SMARTS) is 1. The van der Waals surface area contributed by atoms with E-state index in [4.69, 9.17) is 26.5 Å². The van der Waals surface area contributed by atoms with Crippen molar-refractivity contribution in [1.29, 1.82) is 0 Å². The smallest absolute Gasteiger partial charge is 0.352 e. The number of carbonyl (C=O) groups is 1. The maximum Gasteiger partial charge on any atom is 0.352 e. The summed E-state index contributed by atoms with van der Waals surface area (Å²) in [6.07, 6.45) is 5.31. The van der Waals surface area contributed by atoms with Gasteiger partial charge < -0.3 is 19.7 Å². The zero-order chi connectivity index (χ0) is 32.2. The lowest BCUT2D eigenvalue weighted by Crippen LogP contribution is -2.14. The highest BCUT2D eigenvalue weighted by Crippen LogP contribution is 2.44. The fraction of sp³-hybridized carbons (Fsp3) is 0.400. The number of thioether (sulfide) groups is 2. The first-order valence-electron chi connectivity index (χ1n) is 16.2. The Kier molecular flexibility index (Phi) is 8.17. The number of fused-ring (bicyclic) bond motifs is 10. The van der Waals surface area contributed by atoms with E-state index in [0.717, 1.165) is 101 Å². The lowest BCUT2D eigenvalue weighted by Gasteiger charge is -2.22. The summed E-state index contributed by atoms with van der Waals surface area (Å²) >= 11 is 10.7. The summed E-state index contributed by atoms with van der Waals surface area (Å²) in [5, 5.41) is 25.5. The molecule has 6 heterocycles. The molecule has 12 heteroatoms. The molecule has 3 aliphatic heterocycles. The number of aromatic nitrogens is 5. The van der Waals surface area contributed by atoms with Gasteiger partial charge in [0.2, 0.25) is 0 Å². The molecule has 244 valence electrons. The lowest BCUT2D eigenvalue weighted by molar-refractivity contribution is 0.0685. The van der Waals surface area contributed by atoms with Crippen LogP contribution in [0.2, 0.25) is 5.02 Å². The maximum absolute atomic E-state index is 12.8. The molecular formula is C35H37ClN6O3S2. The molecule has 5 aromatic rings. The van der Waals surface area contributed by atoms with Crippen LogP contribution in [0.25, 0.3) is 22.0 Å². The minimum Gasteiger partial charge on any atom is -0.491 e. The Morgan fingerprint density at radius 1 is 1.02 bits per heavy atom. The molecule has 0 amide bonds. The van der Waals surface area contributed by atoms with Crippen LogP contribution in [0.5, 0.6) is 5.75 Å². The molecule has 0 spiro atoms. The second kappa shape index (κ2) is 12.5. The Labute approximate surface area is 287 Å². The van der Waals surface area contributed by atoms with Crippen molar-refractivity contribution < 1.29 is 14.6 Å². The summed E-state index contributed by atoms with van der Waals surface area (Å²) in [6.45, 7) is 2.28. The van der Waals surface area contributed by atoms with Gasteiger partial charge in [-0.05, 0) is 73.9 Å². The SMILES string of the molecule is Cn1nc2cc1CSc1cc3c(c(c1)OCCCc1c(C(=O)O)n(C)c4c(c(Cl)ccc14)-c1c(nn4c1CCC4)CSC2)NCCC3. The van der Waals surface area contributed by atoms with E-state index in [1.165, 1.54) is 21.8 Å². The second-order valence-corrected chi connectivity index (χ2v) is 15.0. The third kappa shape index (κ3) is 5.50. The first-order chi connectivity index (χ1) is 22.9. The van der Waals surface area contributed by atoms with E-state index < -0.39 is 5.97 Å². The van der Waals surface area contributed by atoms with Crippen LogP contribution in [0.15, 0.2) is 35.2 Å². The number of halogens is 1. The zero-order valence-corrected chi connectivity index (χ0v) is 29.0. The summed E-state index contributed by atoms with van der Waals surface area (Å²) in [5.41, 5.74) is 10.7. The van der Waals surface area contributed by atoms with Crippen LogP contribution in [0.1, 0.15) is 63.7 Å². The van der Waals surface area contributed by atoms with Crippen molar-refractivity contribution in [3.63, 3.8) is 0 Å². The van der Waals surface area contributed by atoms with Crippen LogP contribution in [0, 0.1) is 0 Å². The average Bonchev–Trinajstić information content (AvgIpc) is 3.80. The molecule has 2 N–H and O–H groups in total. The van der Waals surface area contributed by atoms with E-state index in [2.05, 4.69) is 28.2 Å². The van der Waals surface area contributed by atoms with Crippen molar-refractivity contribution in [3.8, 4) is 16.9 Å². The molecule has 0 radical (unpaired) electrons. The van der Waals surface area contributed by atoms with Gasteiger partial charge in [0.25, 0.3) is 0 Å². The number of benzene rings is 2. The third-order valence-electron chi connectivity index (χ3n) is 9.59. The Bertz CT molecular complexity index is 2050. The topological polar surface area (TPSA) is 99.1 Å². The summed E-state index contributed by atoms with van der Waals surface area (Å²) in [4.78, 5) is 14.0. The fourth-order valence-corrected chi connectivity index (χ4v) is 9.59. The van der Waals surface area contributed by atoms with Crippen molar-refractivity contribution in [2.75, 3.05) is 18.5 Å². The molecular weight excluding hydrogens is 652 g/mol. The molecule has 8 bridgehead atoms. The highest BCUT2D eigenvalue weighted by Gasteiger charge is 2.30. The Balaban J connectivity index is 1.25. The first kappa shape index (κ1) is 30.8. The Morgan fingerprint density at radius 2 is 1.91 bits per heavy atom. The van der Waals surface area contributed by atoms with Crippen molar-refractivity contribution in [2.24, 2.45) is 14.1 Å². The number of carboxylic acids is 1. The minimum atomic E-state index is -0.940. The van der Waals surface area contributed by atoms with Crippen LogP contribution in [0.4, 0.5) is 5.69 Å². The zero-order valence-electron chi connectivity index (χ0n) is 26.6. The molecule has 3 aliphatic rings. The predicted octanol–water partition coefficient (Wildman–Crippen LogP) is 7.48. The van der Waals surface area contributed by atoms with Crippen LogP contribution in [-0.2, 0) is 57.2 Å². The van der Waals surface area contributed by atoms with Crippen molar-refractivity contribution >= 4 is 57.7 Å². The molecule has 0 aliphatic carbocycles.